The average molecular weight is 238 g/mol. The largest absolute Gasteiger partial charge is 0.300 e. The molecule has 0 aliphatic carbocycles. The zero-order valence-electron chi connectivity index (χ0n) is 10.8. The Labute approximate surface area is 108 Å². The lowest BCUT2D eigenvalue weighted by molar-refractivity contribution is -0.120. The molecule has 0 N–H and O–H groups in total. The molecule has 1 atom stereocenters. The van der Waals surface area contributed by atoms with E-state index in [2.05, 4.69) is 24.3 Å². The van der Waals surface area contributed by atoms with E-state index < -0.39 is 0 Å². The molecule has 0 fully saturated rings. The van der Waals surface area contributed by atoms with Crippen molar-refractivity contribution in [2.45, 2.75) is 19.8 Å². The van der Waals surface area contributed by atoms with Crippen LogP contribution in [0.1, 0.15) is 30.9 Å². The lowest BCUT2D eigenvalue weighted by Gasteiger charge is -2.23. The number of Topliss-reactive ketones (excluding diaryl/α,β-unsaturated/α-hetero) is 1. The minimum atomic E-state index is -0.00481. The van der Waals surface area contributed by atoms with Crippen LogP contribution in [0.15, 0.2) is 60.7 Å². The van der Waals surface area contributed by atoms with Crippen LogP contribution in [-0.4, -0.2) is 5.78 Å². The van der Waals surface area contributed by atoms with Crippen molar-refractivity contribution in [1.29, 1.82) is 0 Å². The first kappa shape index (κ1) is 12.6. The molecule has 0 radical (unpaired) electrons. The lowest BCUT2D eigenvalue weighted by Crippen LogP contribution is -2.18. The molecule has 0 aliphatic heterocycles. The van der Waals surface area contributed by atoms with Gasteiger partial charge in [0.25, 0.3) is 0 Å². The Bertz CT molecular complexity index is 462. The van der Waals surface area contributed by atoms with Crippen molar-refractivity contribution in [3.8, 4) is 0 Å². The fourth-order valence-electron chi connectivity index (χ4n) is 2.33. The quantitative estimate of drug-likeness (QED) is 0.785. The number of carbonyl (C=O) groups is 1. The summed E-state index contributed by atoms with van der Waals surface area (Å²) in [5, 5.41) is 0. The van der Waals surface area contributed by atoms with Gasteiger partial charge in [0.1, 0.15) is 5.78 Å². The Morgan fingerprint density at radius 2 is 1.22 bits per heavy atom. The summed E-state index contributed by atoms with van der Waals surface area (Å²) in [5.41, 5.74) is 2.40. The Balaban J connectivity index is 2.45. The maximum atomic E-state index is 11.7. The topological polar surface area (TPSA) is 17.1 Å². The van der Waals surface area contributed by atoms with E-state index in [-0.39, 0.29) is 17.6 Å². The number of hydrogen-bond acceptors (Lipinski definition) is 1. The maximum absolute atomic E-state index is 11.7. The number of rotatable bonds is 4. The number of benzene rings is 2. The summed E-state index contributed by atoms with van der Waals surface area (Å²) < 4.78 is 0. The van der Waals surface area contributed by atoms with Crippen molar-refractivity contribution in [3.63, 3.8) is 0 Å². The van der Waals surface area contributed by atoms with Crippen LogP contribution < -0.4 is 0 Å². The summed E-state index contributed by atoms with van der Waals surface area (Å²) in [6.07, 6.45) is 0. The Morgan fingerprint density at radius 3 is 1.56 bits per heavy atom. The predicted octanol–water partition coefficient (Wildman–Crippen LogP) is 4.04. The van der Waals surface area contributed by atoms with E-state index in [1.165, 1.54) is 11.1 Å². The smallest absolute Gasteiger partial charge is 0.133 e. The fourth-order valence-corrected chi connectivity index (χ4v) is 2.33. The van der Waals surface area contributed by atoms with Crippen molar-refractivity contribution in [1.82, 2.24) is 0 Å². The van der Waals surface area contributed by atoms with E-state index in [0.717, 1.165) is 0 Å². The van der Waals surface area contributed by atoms with Crippen molar-refractivity contribution in [3.05, 3.63) is 71.8 Å². The van der Waals surface area contributed by atoms with Gasteiger partial charge < -0.3 is 0 Å². The molecule has 2 aromatic rings. The van der Waals surface area contributed by atoms with Crippen LogP contribution in [0, 0.1) is 5.92 Å². The summed E-state index contributed by atoms with van der Waals surface area (Å²) in [6.45, 7) is 3.68. The summed E-state index contributed by atoms with van der Waals surface area (Å²) in [5.74, 6) is 0.368. The van der Waals surface area contributed by atoms with Gasteiger partial charge in [-0.25, -0.2) is 0 Å². The third-order valence-corrected chi connectivity index (χ3v) is 3.46. The molecule has 1 unspecified atom stereocenters. The van der Waals surface area contributed by atoms with Crippen LogP contribution in [0.25, 0.3) is 0 Å². The number of ketones is 1. The van der Waals surface area contributed by atoms with Crippen LogP contribution in [0.2, 0.25) is 0 Å². The zero-order valence-corrected chi connectivity index (χ0v) is 10.8. The highest BCUT2D eigenvalue weighted by atomic mass is 16.1. The molecule has 0 aliphatic rings. The van der Waals surface area contributed by atoms with Crippen molar-refractivity contribution < 1.29 is 4.79 Å². The number of hydrogen-bond donors (Lipinski definition) is 0. The van der Waals surface area contributed by atoms with Crippen LogP contribution in [0.3, 0.4) is 0 Å². The van der Waals surface area contributed by atoms with Crippen molar-refractivity contribution >= 4 is 5.78 Å². The minimum absolute atomic E-state index is 0.00481. The van der Waals surface area contributed by atoms with Gasteiger partial charge in [-0.15, -0.1) is 0 Å². The SMILES string of the molecule is CC(=O)C(C)C(c1ccccc1)c1ccccc1. The second-order valence-corrected chi connectivity index (χ2v) is 4.70. The standard InChI is InChI=1S/C17H18O/c1-13(14(2)18)17(15-9-5-3-6-10-15)16-11-7-4-8-12-16/h3-13,17H,1-2H3. The fraction of sp³-hybridized carbons (Fsp3) is 0.235. The number of carbonyl (C=O) groups excluding carboxylic acids is 1. The highest BCUT2D eigenvalue weighted by Gasteiger charge is 2.24. The van der Waals surface area contributed by atoms with Crippen LogP contribution in [-0.2, 0) is 4.79 Å². The Kier molecular flexibility index (Phi) is 3.93. The van der Waals surface area contributed by atoms with E-state index in [1.54, 1.807) is 6.92 Å². The molecule has 0 saturated carbocycles. The molecule has 1 heteroatoms. The molecule has 0 heterocycles. The molecule has 92 valence electrons. The summed E-state index contributed by atoms with van der Waals surface area (Å²) in [4.78, 5) is 11.7. The zero-order chi connectivity index (χ0) is 13.0. The molecular formula is C17H18O. The first-order valence-electron chi connectivity index (χ1n) is 6.30. The summed E-state index contributed by atoms with van der Waals surface area (Å²) in [7, 11) is 0. The van der Waals surface area contributed by atoms with Gasteiger partial charge in [-0.3, -0.25) is 4.79 Å². The molecule has 2 aromatic carbocycles. The van der Waals surface area contributed by atoms with E-state index in [4.69, 9.17) is 0 Å². The second-order valence-electron chi connectivity index (χ2n) is 4.70. The average Bonchev–Trinajstić information content (AvgIpc) is 2.41. The van der Waals surface area contributed by atoms with Gasteiger partial charge >= 0.3 is 0 Å². The molecule has 1 nitrogen and oxygen atoms in total. The van der Waals surface area contributed by atoms with Crippen LogP contribution >= 0.6 is 0 Å². The lowest BCUT2D eigenvalue weighted by atomic mass is 9.80. The predicted molar refractivity (Wildman–Crippen MR) is 74.6 cm³/mol. The molecular weight excluding hydrogens is 220 g/mol. The second kappa shape index (κ2) is 5.63. The highest BCUT2D eigenvalue weighted by molar-refractivity contribution is 5.79. The van der Waals surface area contributed by atoms with Gasteiger partial charge in [-0.1, -0.05) is 67.6 Å². The van der Waals surface area contributed by atoms with Gasteiger partial charge in [0.2, 0.25) is 0 Å². The minimum Gasteiger partial charge on any atom is -0.300 e. The molecule has 18 heavy (non-hydrogen) atoms. The van der Waals surface area contributed by atoms with Crippen LogP contribution in [0.5, 0.6) is 0 Å². The van der Waals surface area contributed by atoms with Gasteiger partial charge in [0.05, 0.1) is 0 Å². The first-order chi connectivity index (χ1) is 8.70. The van der Waals surface area contributed by atoms with E-state index in [0.29, 0.717) is 0 Å². The Morgan fingerprint density at radius 1 is 0.833 bits per heavy atom. The maximum Gasteiger partial charge on any atom is 0.133 e. The molecule has 2 rings (SSSR count). The normalized spacial score (nSPS) is 12.4. The highest BCUT2D eigenvalue weighted by Crippen LogP contribution is 2.32. The van der Waals surface area contributed by atoms with Crippen molar-refractivity contribution in [2.24, 2.45) is 5.92 Å². The van der Waals surface area contributed by atoms with E-state index >= 15 is 0 Å². The molecule has 0 saturated heterocycles. The summed E-state index contributed by atoms with van der Waals surface area (Å²) >= 11 is 0. The van der Waals surface area contributed by atoms with Crippen LogP contribution in [0.4, 0.5) is 0 Å². The molecule has 0 bridgehead atoms. The van der Waals surface area contributed by atoms with Gasteiger partial charge in [0, 0.05) is 11.8 Å². The van der Waals surface area contributed by atoms with Gasteiger partial charge in [-0.05, 0) is 18.1 Å². The van der Waals surface area contributed by atoms with Gasteiger partial charge in [-0.2, -0.15) is 0 Å². The molecule has 0 aromatic heterocycles. The van der Waals surface area contributed by atoms with E-state index in [9.17, 15) is 4.79 Å². The van der Waals surface area contributed by atoms with E-state index in [1.807, 2.05) is 43.3 Å². The summed E-state index contributed by atoms with van der Waals surface area (Å²) in [6, 6.07) is 20.5. The van der Waals surface area contributed by atoms with Crippen molar-refractivity contribution in [2.75, 3.05) is 0 Å². The monoisotopic (exact) mass is 238 g/mol. The third-order valence-electron chi connectivity index (χ3n) is 3.46. The molecule has 0 spiro atoms. The third kappa shape index (κ3) is 2.67. The van der Waals surface area contributed by atoms with Gasteiger partial charge in [0.15, 0.2) is 0 Å². The molecule has 0 amide bonds. The first-order valence-corrected chi connectivity index (χ1v) is 6.30. The Hall–Kier alpha value is -1.89.